The predicted octanol–water partition coefficient (Wildman–Crippen LogP) is 1.07. The van der Waals surface area contributed by atoms with Gasteiger partial charge >= 0.3 is 5.97 Å². The van der Waals surface area contributed by atoms with Gasteiger partial charge in [0.25, 0.3) is 0 Å². The number of para-hydroxylation sites is 2. The molecule has 0 heterocycles. The van der Waals surface area contributed by atoms with E-state index < -0.39 is 12.6 Å². The van der Waals surface area contributed by atoms with Gasteiger partial charge in [0.1, 0.15) is 5.75 Å². The van der Waals surface area contributed by atoms with Gasteiger partial charge in [-0.25, -0.2) is 4.79 Å². The summed E-state index contributed by atoms with van der Waals surface area (Å²) >= 11 is 0. The van der Waals surface area contributed by atoms with Gasteiger partial charge in [-0.15, -0.1) is 0 Å². The first-order chi connectivity index (χ1) is 9.02. The van der Waals surface area contributed by atoms with E-state index in [4.69, 9.17) is 15.6 Å². The van der Waals surface area contributed by atoms with Crippen molar-refractivity contribution < 1.29 is 19.4 Å². The Kier molecular flexibility index (Phi) is 5.81. The molecule has 1 amide bonds. The monoisotopic (exact) mass is 266 g/mol. The minimum absolute atomic E-state index is 0.0899. The molecule has 6 nitrogen and oxygen atoms in total. The quantitative estimate of drug-likeness (QED) is 0.685. The van der Waals surface area contributed by atoms with Crippen molar-refractivity contribution in [2.45, 2.75) is 13.3 Å². The number of carbonyl (C=O) groups is 2. The van der Waals surface area contributed by atoms with Crippen LogP contribution in [-0.4, -0.2) is 30.1 Å². The number of anilines is 1. The predicted molar refractivity (Wildman–Crippen MR) is 71.0 cm³/mol. The van der Waals surface area contributed by atoms with Crippen LogP contribution in [0.5, 0.6) is 5.75 Å². The topological polar surface area (TPSA) is 102 Å². The Morgan fingerprint density at radius 1 is 1.42 bits per heavy atom. The van der Waals surface area contributed by atoms with Crippen molar-refractivity contribution in [1.29, 1.82) is 0 Å². The highest BCUT2D eigenvalue weighted by Crippen LogP contribution is 2.24. The van der Waals surface area contributed by atoms with Crippen LogP contribution in [0.1, 0.15) is 13.3 Å². The summed E-state index contributed by atoms with van der Waals surface area (Å²) in [5, 5.41) is 11.3. The fourth-order valence-electron chi connectivity index (χ4n) is 1.44. The second-order valence-electron chi connectivity index (χ2n) is 4.27. The molecule has 4 N–H and O–H groups in total. The maximum Gasteiger partial charge on any atom is 0.341 e. The first-order valence-corrected chi connectivity index (χ1v) is 5.96. The fourth-order valence-corrected chi connectivity index (χ4v) is 1.44. The lowest BCUT2D eigenvalue weighted by Crippen LogP contribution is -2.20. The first kappa shape index (κ1) is 15.0. The summed E-state index contributed by atoms with van der Waals surface area (Å²) in [6.07, 6.45) is 0.309. The van der Waals surface area contributed by atoms with E-state index in [0.717, 1.165) is 0 Å². The summed E-state index contributed by atoms with van der Waals surface area (Å²) in [5.41, 5.74) is 5.91. The SMILES string of the molecule is CC(CN)CC(=O)Nc1ccccc1OCC(=O)O. The highest BCUT2D eigenvalue weighted by Gasteiger charge is 2.11. The van der Waals surface area contributed by atoms with Crippen molar-refractivity contribution in [2.75, 3.05) is 18.5 Å². The molecule has 0 spiro atoms. The molecule has 1 atom stereocenters. The van der Waals surface area contributed by atoms with Crippen LogP contribution >= 0.6 is 0 Å². The molecule has 1 unspecified atom stereocenters. The number of amides is 1. The van der Waals surface area contributed by atoms with Crippen LogP contribution in [0.3, 0.4) is 0 Å². The first-order valence-electron chi connectivity index (χ1n) is 5.96. The summed E-state index contributed by atoms with van der Waals surface area (Å²) in [7, 11) is 0. The number of carboxylic acids is 1. The minimum atomic E-state index is -1.07. The molecule has 1 rings (SSSR count). The fraction of sp³-hybridized carbons (Fsp3) is 0.385. The molecule has 0 radical (unpaired) electrons. The summed E-state index contributed by atoms with van der Waals surface area (Å²) < 4.78 is 5.09. The molecule has 0 fully saturated rings. The molecule has 0 aliphatic carbocycles. The lowest BCUT2D eigenvalue weighted by atomic mass is 10.1. The summed E-state index contributed by atoms with van der Waals surface area (Å²) in [4.78, 5) is 22.2. The van der Waals surface area contributed by atoms with Crippen LogP contribution in [0.2, 0.25) is 0 Å². The number of hydrogen-bond acceptors (Lipinski definition) is 4. The van der Waals surface area contributed by atoms with Crippen LogP contribution in [0.25, 0.3) is 0 Å². The zero-order valence-electron chi connectivity index (χ0n) is 10.8. The Hall–Kier alpha value is -2.08. The molecule has 1 aromatic rings. The lowest BCUT2D eigenvalue weighted by Gasteiger charge is -2.12. The number of hydrogen-bond donors (Lipinski definition) is 3. The van der Waals surface area contributed by atoms with Gasteiger partial charge in [0.2, 0.25) is 5.91 Å². The zero-order valence-corrected chi connectivity index (χ0v) is 10.8. The second kappa shape index (κ2) is 7.38. The number of benzene rings is 1. The van der Waals surface area contributed by atoms with Gasteiger partial charge in [-0.3, -0.25) is 4.79 Å². The number of nitrogens with one attached hydrogen (secondary N) is 1. The Morgan fingerprint density at radius 3 is 2.74 bits per heavy atom. The van der Waals surface area contributed by atoms with Crippen LogP contribution < -0.4 is 15.8 Å². The molecule has 0 saturated heterocycles. The zero-order chi connectivity index (χ0) is 14.3. The van der Waals surface area contributed by atoms with E-state index in [-0.39, 0.29) is 11.8 Å². The largest absolute Gasteiger partial charge is 0.480 e. The maximum absolute atomic E-state index is 11.7. The van der Waals surface area contributed by atoms with E-state index in [1.165, 1.54) is 0 Å². The third-order valence-electron chi connectivity index (χ3n) is 2.45. The van der Waals surface area contributed by atoms with Crippen molar-refractivity contribution >= 4 is 17.6 Å². The van der Waals surface area contributed by atoms with Crippen LogP contribution in [0.4, 0.5) is 5.69 Å². The lowest BCUT2D eigenvalue weighted by molar-refractivity contribution is -0.139. The molecule has 1 aromatic carbocycles. The van der Waals surface area contributed by atoms with Crippen molar-refractivity contribution in [3.63, 3.8) is 0 Å². The van der Waals surface area contributed by atoms with Gasteiger partial charge < -0.3 is 20.9 Å². The number of carboxylic acid groups (broad SMARTS) is 1. The molecular formula is C13H18N2O4. The van der Waals surface area contributed by atoms with Gasteiger partial charge in [-0.2, -0.15) is 0 Å². The molecule has 0 saturated carbocycles. The van der Waals surface area contributed by atoms with Gasteiger partial charge in [0.05, 0.1) is 5.69 Å². The van der Waals surface area contributed by atoms with Gasteiger partial charge in [0.15, 0.2) is 6.61 Å². The van der Waals surface area contributed by atoms with Gasteiger partial charge in [0, 0.05) is 6.42 Å². The van der Waals surface area contributed by atoms with Gasteiger partial charge in [-0.1, -0.05) is 19.1 Å². The van der Waals surface area contributed by atoms with Crippen molar-refractivity contribution in [1.82, 2.24) is 0 Å². The molecule has 0 bridgehead atoms. The standard InChI is InChI=1S/C13H18N2O4/c1-9(7-14)6-12(16)15-10-4-2-3-5-11(10)19-8-13(17)18/h2-5,9H,6-8,14H2,1H3,(H,15,16)(H,17,18). The Balaban J connectivity index is 2.66. The third kappa shape index (κ3) is 5.39. The highest BCUT2D eigenvalue weighted by molar-refractivity contribution is 5.92. The van der Waals surface area contributed by atoms with Crippen molar-refractivity contribution in [2.24, 2.45) is 11.7 Å². The molecular weight excluding hydrogens is 248 g/mol. The number of ether oxygens (including phenoxy) is 1. The van der Waals surface area contributed by atoms with Gasteiger partial charge in [-0.05, 0) is 24.6 Å². The molecule has 0 aromatic heterocycles. The summed E-state index contributed by atoms with van der Waals surface area (Å²) in [6.45, 7) is 1.86. The molecule has 0 aliphatic rings. The summed E-state index contributed by atoms with van der Waals surface area (Å²) in [5.74, 6) is -0.826. The smallest absolute Gasteiger partial charge is 0.341 e. The molecule has 19 heavy (non-hydrogen) atoms. The number of nitrogens with two attached hydrogens (primary N) is 1. The normalized spacial score (nSPS) is 11.7. The highest BCUT2D eigenvalue weighted by atomic mass is 16.5. The molecule has 0 aliphatic heterocycles. The average Bonchev–Trinajstić information content (AvgIpc) is 2.37. The maximum atomic E-state index is 11.7. The number of aliphatic carboxylic acids is 1. The number of rotatable bonds is 7. The molecule has 6 heteroatoms. The average molecular weight is 266 g/mol. The van der Waals surface area contributed by atoms with Crippen LogP contribution in [-0.2, 0) is 9.59 Å². The summed E-state index contributed by atoms with van der Waals surface area (Å²) in [6, 6.07) is 6.69. The Morgan fingerprint density at radius 2 is 2.11 bits per heavy atom. The van der Waals surface area contributed by atoms with Crippen LogP contribution in [0.15, 0.2) is 24.3 Å². The van der Waals surface area contributed by atoms with E-state index in [9.17, 15) is 9.59 Å². The van der Waals surface area contributed by atoms with Crippen LogP contribution in [0, 0.1) is 5.92 Å². The van der Waals surface area contributed by atoms with Crippen molar-refractivity contribution in [3.05, 3.63) is 24.3 Å². The molecule has 104 valence electrons. The number of carbonyl (C=O) groups excluding carboxylic acids is 1. The minimum Gasteiger partial charge on any atom is -0.480 e. The van der Waals surface area contributed by atoms with Crippen molar-refractivity contribution in [3.8, 4) is 5.75 Å². The Labute approximate surface area is 111 Å². The van der Waals surface area contributed by atoms with E-state index in [1.54, 1.807) is 24.3 Å². The third-order valence-corrected chi connectivity index (χ3v) is 2.45. The van der Waals surface area contributed by atoms with E-state index >= 15 is 0 Å². The van der Waals surface area contributed by atoms with E-state index in [1.807, 2.05) is 6.92 Å². The second-order valence-corrected chi connectivity index (χ2v) is 4.27. The van der Waals surface area contributed by atoms with E-state index in [2.05, 4.69) is 5.32 Å². The van der Waals surface area contributed by atoms with E-state index in [0.29, 0.717) is 24.4 Å². The Bertz CT molecular complexity index is 448.